The number of aromatic nitrogens is 3. The van der Waals surface area contributed by atoms with E-state index in [0.717, 1.165) is 5.56 Å². The minimum absolute atomic E-state index is 0.0379. The van der Waals surface area contributed by atoms with Crippen molar-refractivity contribution in [2.75, 3.05) is 5.32 Å². The fourth-order valence-corrected chi connectivity index (χ4v) is 3.52. The third-order valence-corrected chi connectivity index (χ3v) is 5.40. The summed E-state index contributed by atoms with van der Waals surface area (Å²) in [5.41, 5.74) is 2.35. The second-order valence-corrected chi connectivity index (χ2v) is 7.67. The quantitative estimate of drug-likeness (QED) is 0.266. The first-order valence-electron chi connectivity index (χ1n) is 9.32. The van der Waals surface area contributed by atoms with Crippen LogP contribution >= 0.6 is 23.2 Å². The molecule has 0 saturated carbocycles. The predicted octanol–water partition coefficient (Wildman–Crippen LogP) is 6.17. The fourth-order valence-electron chi connectivity index (χ4n) is 3.22. The number of nitro benzene ring substituents is 1. The van der Waals surface area contributed by atoms with Crippen molar-refractivity contribution in [1.82, 2.24) is 15.0 Å². The van der Waals surface area contributed by atoms with E-state index in [2.05, 4.69) is 20.3 Å². The number of hydrogen-bond acceptors (Lipinski definition) is 7. The van der Waals surface area contributed by atoms with Gasteiger partial charge in [-0.25, -0.2) is 4.98 Å². The van der Waals surface area contributed by atoms with Crippen LogP contribution in [0.4, 0.5) is 17.3 Å². The van der Waals surface area contributed by atoms with Crippen LogP contribution in [0.15, 0.2) is 48.8 Å². The van der Waals surface area contributed by atoms with Crippen molar-refractivity contribution >= 4 is 63.6 Å². The Hall–Kier alpha value is -3.75. The summed E-state index contributed by atoms with van der Waals surface area (Å²) in [5.74, 6) is -0.461. The molecular weight excluding hydrogens is 453 g/mol. The van der Waals surface area contributed by atoms with Crippen LogP contribution in [-0.2, 0) is 0 Å². The molecule has 2 heterocycles. The molecule has 0 bridgehead atoms. The van der Waals surface area contributed by atoms with Gasteiger partial charge in [0.2, 0.25) is 11.8 Å². The summed E-state index contributed by atoms with van der Waals surface area (Å²) in [5, 5.41) is 25.9. The molecule has 4 rings (SSSR count). The molecule has 0 aliphatic carbocycles. The molecule has 32 heavy (non-hydrogen) atoms. The summed E-state index contributed by atoms with van der Waals surface area (Å²) in [4.78, 5) is 23.6. The number of halogens is 2. The Bertz CT molecular complexity index is 1380. The minimum Gasteiger partial charge on any atom is -0.493 e. The lowest BCUT2D eigenvalue weighted by atomic mass is 10.0. The van der Waals surface area contributed by atoms with E-state index in [1.807, 2.05) is 18.2 Å². The Labute approximate surface area is 192 Å². The highest BCUT2D eigenvalue weighted by atomic mass is 35.5. The number of fused-ring (bicyclic) bond motifs is 1. The second-order valence-electron chi connectivity index (χ2n) is 6.85. The third-order valence-electron chi connectivity index (χ3n) is 4.67. The summed E-state index contributed by atoms with van der Waals surface area (Å²) >= 11 is 12.0. The van der Waals surface area contributed by atoms with E-state index in [-0.39, 0.29) is 22.5 Å². The first kappa shape index (κ1) is 21.5. The van der Waals surface area contributed by atoms with Crippen molar-refractivity contribution in [3.63, 3.8) is 0 Å². The van der Waals surface area contributed by atoms with Gasteiger partial charge in [0.1, 0.15) is 5.39 Å². The predicted molar refractivity (Wildman–Crippen MR) is 126 cm³/mol. The van der Waals surface area contributed by atoms with E-state index in [9.17, 15) is 15.2 Å². The van der Waals surface area contributed by atoms with Crippen LogP contribution in [0.25, 0.3) is 23.1 Å². The third kappa shape index (κ3) is 4.32. The van der Waals surface area contributed by atoms with Gasteiger partial charge in [0.15, 0.2) is 0 Å². The summed E-state index contributed by atoms with van der Waals surface area (Å²) in [6.07, 6.45) is 6.91. The standard InChI is InChI=1S/C22H15Cl2N5O3/c1-12-10-14(3-2-13-6-8-25-9-7-13)19-18(20(12)29(31)32)21(30)28-22(27-19)26-15-4-5-16(23)17(24)11-15/h2-11H,1H3,(H2,26,27,28,30)/b3-2+. The Morgan fingerprint density at radius 3 is 2.50 bits per heavy atom. The zero-order chi connectivity index (χ0) is 22.8. The maximum atomic E-state index is 11.7. The molecule has 10 heteroatoms. The number of anilines is 2. The zero-order valence-electron chi connectivity index (χ0n) is 16.6. The lowest BCUT2D eigenvalue weighted by molar-refractivity contribution is -0.383. The first-order valence-corrected chi connectivity index (χ1v) is 10.1. The highest BCUT2D eigenvalue weighted by Gasteiger charge is 2.24. The van der Waals surface area contributed by atoms with Gasteiger partial charge in [0.05, 0.1) is 20.5 Å². The summed E-state index contributed by atoms with van der Waals surface area (Å²) in [6.45, 7) is 1.60. The lowest BCUT2D eigenvalue weighted by Crippen LogP contribution is -2.02. The average molecular weight is 468 g/mol. The lowest BCUT2D eigenvalue weighted by Gasteiger charge is -2.11. The van der Waals surface area contributed by atoms with Gasteiger partial charge in [-0.1, -0.05) is 35.4 Å². The van der Waals surface area contributed by atoms with Crippen molar-refractivity contribution < 1.29 is 10.0 Å². The molecule has 8 nitrogen and oxygen atoms in total. The second kappa shape index (κ2) is 8.78. The SMILES string of the molecule is Cc1cc(/C=C/c2ccncc2)c2nc(Nc3ccc(Cl)c(Cl)c3)nc(O)c2c1[N+](=O)[O-]. The van der Waals surface area contributed by atoms with E-state index in [1.54, 1.807) is 49.7 Å². The molecule has 4 aromatic rings. The Morgan fingerprint density at radius 1 is 1.06 bits per heavy atom. The first-order chi connectivity index (χ1) is 15.3. The molecule has 0 aliphatic heterocycles. The number of aryl methyl sites for hydroxylation is 1. The summed E-state index contributed by atoms with van der Waals surface area (Å²) < 4.78 is 0. The van der Waals surface area contributed by atoms with E-state index < -0.39 is 10.8 Å². The summed E-state index contributed by atoms with van der Waals surface area (Å²) in [6, 6.07) is 10.1. The van der Waals surface area contributed by atoms with Gasteiger partial charge < -0.3 is 10.4 Å². The zero-order valence-corrected chi connectivity index (χ0v) is 18.1. The van der Waals surface area contributed by atoms with Crippen LogP contribution in [0.3, 0.4) is 0 Å². The summed E-state index contributed by atoms with van der Waals surface area (Å²) in [7, 11) is 0. The largest absolute Gasteiger partial charge is 0.493 e. The van der Waals surface area contributed by atoms with Gasteiger partial charge in [-0.15, -0.1) is 0 Å². The molecule has 2 aromatic carbocycles. The number of nitro groups is 1. The Kier molecular flexibility index (Phi) is 5.89. The molecule has 0 spiro atoms. The van der Waals surface area contributed by atoms with E-state index in [1.165, 1.54) is 0 Å². The van der Waals surface area contributed by atoms with Crippen molar-refractivity contribution in [2.24, 2.45) is 0 Å². The van der Waals surface area contributed by atoms with Crippen LogP contribution in [0.1, 0.15) is 16.7 Å². The van der Waals surface area contributed by atoms with Crippen molar-refractivity contribution in [2.45, 2.75) is 6.92 Å². The van der Waals surface area contributed by atoms with Gasteiger partial charge in [-0.2, -0.15) is 4.98 Å². The molecule has 160 valence electrons. The van der Waals surface area contributed by atoms with Crippen LogP contribution in [-0.4, -0.2) is 25.0 Å². The topological polar surface area (TPSA) is 114 Å². The molecular formula is C22H15Cl2N5O3. The number of rotatable bonds is 5. The maximum Gasteiger partial charge on any atom is 0.287 e. The molecule has 0 fully saturated rings. The average Bonchev–Trinajstić information content (AvgIpc) is 2.75. The fraction of sp³-hybridized carbons (Fsp3) is 0.0455. The van der Waals surface area contributed by atoms with Crippen LogP contribution in [0, 0.1) is 17.0 Å². The molecule has 0 unspecified atom stereocenters. The van der Waals surface area contributed by atoms with E-state index >= 15 is 0 Å². The smallest absolute Gasteiger partial charge is 0.287 e. The van der Waals surface area contributed by atoms with Gasteiger partial charge in [0, 0.05) is 29.2 Å². The number of pyridine rings is 1. The number of benzene rings is 2. The molecule has 0 saturated heterocycles. The van der Waals surface area contributed by atoms with E-state index in [0.29, 0.717) is 26.9 Å². The number of nitrogens with zero attached hydrogens (tertiary/aromatic N) is 4. The highest BCUT2D eigenvalue weighted by Crippen LogP contribution is 2.38. The van der Waals surface area contributed by atoms with Gasteiger partial charge in [-0.3, -0.25) is 15.1 Å². The van der Waals surface area contributed by atoms with Gasteiger partial charge in [0.25, 0.3) is 5.69 Å². The number of hydrogen-bond donors (Lipinski definition) is 2. The van der Waals surface area contributed by atoms with Gasteiger partial charge >= 0.3 is 0 Å². The van der Waals surface area contributed by atoms with Crippen LogP contribution in [0.5, 0.6) is 5.88 Å². The van der Waals surface area contributed by atoms with Crippen molar-refractivity contribution in [3.05, 3.63) is 85.6 Å². The number of nitrogens with one attached hydrogen (secondary N) is 1. The maximum absolute atomic E-state index is 11.7. The monoisotopic (exact) mass is 467 g/mol. The molecule has 0 atom stereocenters. The minimum atomic E-state index is -0.552. The van der Waals surface area contributed by atoms with Crippen molar-refractivity contribution in [1.29, 1.82) is 0 Å². The Morgan fingerprint density at radius 2 is 1.81 bits per heavy atom. The normalized spacial score (nSPS) is 11.2. The molecule has 0 aliphatic rings. The highest BCUT2D eigenvalue weighted by molar-refractivity contribution is 6.42. The molecule has 2 N–H and O–H groups in total. The van der Waals surface area contributed by atoms with Gasteiger partial charge in [-0.05, 0) is 48.9 Å². The van der Waals surface area contributed by atoms with Crippen LogP contribution < -0.4 is 5.32 Å². The molecule has 0 radical (unpaired) electrons. The molecule has 0 amide bonds. The number of aromatic hydroxyl groups is 1. The van der Waals surface area contributed by atoms with E-state index in [4.69, 9.17) is 23.2 Å². The Balaban J connectivity index is 1.88. The molecule has 2 aromatic heterocycles. The van der Waals surface area contributed by atoms with Crippen LogP contribution in [0.2, 0.25) is 10.0 Å². The van der Waals surface area contributed by atoms with Crippen molar-refractivity contribution in [3.8, 4) is 5.88 Å².